The number of carbonyl (C=O) groups is 1. The average molecular weight is 350 g/mol. The smallest absolute Gasteiger partial charge is 0.465 e. The minimum Gasteiger partial charge on any atom is -0.465 e. The molecule has 1 saturated heterocycles. The van der Waals surface area contributed by atoms with E-state index >= 15 is 0 Å². The van der Waals surface area contributed by atoms with Crippen molar-refractivity contribution in [2.24, 2.45) is 0 Å². The third-order valence-electron chi connectivity index (χ3n) is 3.28. The maximum Gasteiger partial charge on any atom is 0.469 e. The first-order chi connectivity index (χ1) is 10.7. The van der Waals surface area contributed by atoms with Crippen LogP contribution in [-0.2, 0) is 18.6 Å². The van der Waals surface area contributed by atoms with Gasteiger partial charge in [0.25, 0.3) is 6.23 Å². The van der Waals surface area contributed by atoms with Crippen molar-refractivity contribution in [2.45, 2.75) is 24.5 Å². The van der Waals surface area contributed by atoms with E-state index in [1.54, 1.807) is 0 Å². The van der Waals surface area contributed by atoms with Crippen molar-refractivity contribution >= 4 is 13.8 Å². The van der Waals surface area contributed by atoms with Crippen LogP contribution < -0.4 is 4.57 Å². The molecule has 10 nitrogen and oxygen atoms in total. The standard InChI is InChI=1S/C12H16NO9P/c1-20-12(16)7-3-2-4-13(5-7)11-10(15)9(14)8(22-11)6-21-23(17,18)19/h2-5,8-11,14-15H,6H2,1H3,(H-,17,18,19)/p+1/t8-,9+,10?,11-/m1/s1. The first-order valence-electron chi connectivity index (χ1n) is 6.53. The van der Waals surface area contributed by atoms with Crippen molar-refractivity contribution in [3.63, 3.8) is 0 Å². The summed E-state index contributed by atoms with van der Waals surface area (Å²) in [5.74, 6) is -0.589. The fraction of sp³-hybridized carbons (Fsp3) is 0.500. The highest BCUT2D eigenvalue weighted by Crippen LogP contribution is 2.37. The second-order valence-electron chi connectivity index (χ2n) is 4.86. The van der Waals surface area contributed by atoms with E-state index in [0.717, 1.165) is 0 Å². The summed E-state index contributed by atoms with van der Waals surface area (Å²) < 4.78 is 26.3. The monoisotopic (exact) mass is 350 g/mol. The summed E-state index contributed by atoms with van der Waals surface area (Å²) >= 11 is 0. The number of hydrogen-bond donors (Lipinski definition) is 4. The number of aliphatic hydroxyl groups excluding tert-OH is 2. The molecular weight excluding hydrogens is 333 g/mol. The number of aliphatic hydroxyl groups is 2. The lowest BCUT2D eigenvalue weighted by Crippen LogP contribution is -2.46. The summed E-state index contributed by atoms with van der Waals surface area (Å²) in [5.41, 5.74) is 0.204. The van der Waals surface area contributed by atoms with Crippen LogP contribution in [0.1, 0.15) is 16.6 Å². The Morgan fingerprint density at radius 2 is 2.09 bits per heavy atom. The number of phosphoric ester groups is 1. The van der Waals surface area contributed by atoms with E-state index in [-0.39, 0.29) is 5.56 Å². The molecule has 1 unspecified atom stereocenters. The van der Waals surface area contributed by atoms with Gasteiger partial charge in [0.05, 0.1) is 13.7 Å². The van der Waals surface area contributed by atoms with Gasteiger partial charge in [-0.2, -0.15) is 4.57 Å². The zero-order valence-corrected chi connectivity index (χ0v) is 12.9. The highest BCUT2D eigenvalue weighted by molar-refractivity contribution is 7.46. The van der Waals surface area contributed by atoms with Gasteiger partial charge in [0, 0.05) is 6.07 Å². The van der Waals surface area contributed by atoms with Gasteiger partial charge in [-0.15, -0.1) is 0 Å². The second kappa shape index (κ2) is 7.02. The molecular formula is C12H17NO9P+. The Bertz CT molecular complexity index is 618. The van der Waals surface area contributed by atoms with Crippen molar-refractivity contribution < 1.29 is 47.9 Å². The van der Waals surface area contributed by atoms with E-state index in [1.165, 1.54) is 36.2 Å². The molecule has 0 spiro atoms. The highest BCUT2D eigenvalue weighted by Gasteiger charge is 2.48. The number of ether oxygens (including phenoxy) is 2. The van der Waals surface area contributed by atoms with Crippen molar-refractivity contribution in [1.82, 2.24) is 0 Å². The van der Waals surface area contributed by atoms with Gasteiger partial charge in [-0.1, -0.05) is 0 Å². The third kappa shape index (κ3) is 4.33. The van der Waals surface area contributed by atoms with Gasteiger partial charge >= 0.3 is 13.8 Å². The van der Waals surface area contributed by atoms with Crippen LogP contribution in [-0.4, -0.2) is 58.0 Å². The van der Waals surface area contributed by atoms with Crippen LogP contribution in [0.25, 0.3) is 0 Å². The fourth-order valence-corrected chi connectivity index (χ4v) is 2.51. The molecule has 0 bridgehead atoms. The minimum absolute atomic E-state index is 0.204. The number of aromatic nitrogens is 1. The number of nitrogens with zero attached hydrogens (tertiary/aromatic N) is 1. The molecule has 1 aliphatic rings. The number of rotatable bonds is 5. The fourth-order valence-electron chi connectivity index (χ4n) is 2.17. The molecule has 0 aromatic carbocycles. The molecule has 1 aromatic rings. The predicted molar refractivity (Wildman–Crippen MR) is 71.9 cm³/mol. The van der Waals surface area contributed by atoms with Crippen molar-refractivity contribution in [2.75, 3.05) is 13.7 Å². The topological polar surface area (TPSA) is 147 Å². The quantitative estimate of drug-likeness (QED) is 0.283. The van der Waals surface area contributed by atoms with E-state index in [2.05, 4.69) is 9.26 Å². The first-order valence-corrected chi connectivity index (χ1v) is 8.07. The summed E-state index contributed by atoms with van der Waals surface area (Å²) in [6.45, 7) is -0.601. The van der Waals surface area contributed by atoms with Gasteiger partial charge in [0.1, 0.15) is 17.8 Å². The van der Waals surface area contributed by atoms with Crippen molar-refractivity contribution in [1.29, 1.82) is 0 Å². The Labute approximate surface area is 131 Å². The SMILES string of the molecule is COC(=O)c1ccc[n+]([C@@H]2O[C@H](COP(=O)(O)O)[C@H](O)C2O)c1. The van der Waals surface area contributed by atoms with Gasteiger partial charge in [0.15, 0.2) is 18.5 Å². The normalized spacial score (nSPS) is 27.9. The summed E-state index contributed by atoms with van der Waals surface area (Å²) in [6, 6.07) is 3.02. The molecule has 0 amide bonds. The molecule has 1 aromatic heterocycles. The molecule has 4 atom stereocenters. The van der Waals surface area contributed by atoms with Crippen LogP contribution in [0.5, 0.6) is 0 Å². The Morgan fingerprint density at radius 3 is 2.70 bits per heavy atom. The summed E-state index contributed by atoms with van der Waals surface area (Å²) in [6.07, 6.45) is -2.13. The van der Waals surface area contributed by atoms with Crippen LogP contribution in [0.15, 0.2) is 24.5 Å². The first kappa shape index (κ1) is 18.0. The van der Waals surface area contributed by atoms with E-state index in [1.807, 2.05) is 0 Å². The molecule has 1 aliphatic heterocycles. The van der Waals surface area contributed by atoms with Gasteiger partial charge in [-0.05, 0) is 6.07 Å². The molecule has 1 fully saturated rings. The van der Waals surface area contributed by atoms with E-state index in [9.17, 15) is 19.6 Å². The Kier molecular flexibility index (Phi) is 5.48. The maximum atomic E-state index is 11.5. The lowest BCUT2D eigenvalue weighted by Gasteiger charge is -2.13. The number of pyridine rings is 1. The Hall–Kier alpha value is -1.39. The van der Waals surface area contributed by atoms with Gasteiger partial charge in [-0.3, -0.25) is 4.52 Å². The van der Waals surface area contributed by atoms with Crippen LogP contribution in [0.2, 0.25) is 0 Å². The molecule has 2 rings (SSSR count). The van der Waals surface area contributed by atoms with Crippen LogP contribution in [0.4, 0.5) is 0 Å². The number of phosphoric acid groups is 1. The third-order valence-corrected chi connectivity index (χ3v) is 3.77. The minimum atomic E-state index is -4.72. The van der Waals surface area contributed by atoms with E-state index in [0.29, 0.717) is 0 Å². The molecule has 4 N–H and O–H groups in total. The Morgan fingerprint density at radius 1 is 1.39 bits per heavy atom. The predicted octanol–water partition coefficient (Wildman–Crippen LogP) is -1.51. The van der Waals surface area contributed by atoms with Crippen LogP contribution >= 0.6 is 7.82 Å². The average Bonchev–Trinajstić information content (AvgIpc) is 2.79. The zero-order chi connectivity index (χ0) is 17.2. The molecule has 23 heavy (non-hydrogen) atoms. The Balaban J connectivity index is 2.14. The molecule has 2 heterocycles. The van der Waals surface area contributed by atoms with Crippen LogP contribution in [0, 0.1) is 0 Å². The molecule has 11 heteroatoms. The van der Waals surface area contributed by atoms with E-state index < -0.39 is 44.9 Å². The highest BCUT2D eigenvalue weighted by atomic mass is 31.2. The number of carbonyl (C=O) groups excluding carboxylic acids is 1. The number of methoxy groups -OCH3 is 1. The lowest BCUT2D eigenvalue weighted by atomic mass is 10.1. The number of hydrogen-bond acceptors (Lipinski definition) is 7. The lowest BCUT2D eigenvalue weighted by molar-refractivity contribution is -0.765. The zero-order valence-electron chi connectivity index (χ0n) is 12.1. The van der Waals surface area contributed by atoms with Gasteiger partial charge in [0.2, 0.25) is 0 Å². The van der Waals surface area contributed by atoms with E-state index in [4.69, 9.17) is 14.5 Å². The van der Waals surface area contributed by atoms with Crippen molar-refractivity contribution in [3.8, 4) is 0 Å². The molecule has 0 radical (unpaired) electrons. The molecule has 0 aliphatic carbocycles. The largest absolute Gasteiger partial charge is 0.469 e. The number of esters is 1. The van der Waals surface area contributed by atoms with Crippen molar-refractivity contribution in [3.05, 3.63) is 30.1 Å². The summed E-state index contributed by atoms with van der Waals surface area (Å²) in [7, 11) is -3.50. The second-order valence-corrected chi connectivity index (χ2v) is 6.10. The maximum absolute atomic E-state index is 11.5. The molecule has 0 saturated carbocycles. The molecule has 128 valence electrons. The van der Waals surface area contributed by atoms with Crippen LogP contribution in [0.3, 0.4) is 0 Å². The van der Waals surface area contributed by atoms with Gasteiger partial charge < -0.3 is 29.5 Å². The van der Waals surface area contributed by atoms with Gasteiger partial charge in [-0.25, -0.2) is 9.36 Å². The summed E-state index contributed by atoms with van der Waals surface area (Å²) in [5, 5.41) is 19.9. The summed E-state index contributed by atoms with van der Waals surface area (Å²) in [4.78, 5) is 28.8.